The number of carbonyl (C=O) groups is 2. The molecule has 3 aromatic heterocycles. The summed E-state index contributed by atoms with van der Waals surface area (Å²) in [6.45, 7) is 0.0111. The molecule has 38 heavy (non-hydrogen) atoms. The summed E-state index contributed by atoms with van der Waals surface area (Å²) in [6, 6.07) is 9.94. The van der Waals surface area contributed by atoms with Crippen LogP contribution in [0.15, 0.2) is 48.9 Å². The molecule has 0 unspecified atom stereocenters. The Morgan fingerprint density at radius 2 is 1.82 bits per heavy atom. The van der Waals surface area contributed by atoms with Crippen molar-refractivity contribution < 1.29 is 24.5 Å². The number of hydrogen-bond acceptors (Lipinski definition) is 9. The van der Waals surface area contributed by atoms with Crippen molar-refractivity contribution in [1.82, 2.24) is 30.2 Å². The van der Waals surface area contributed by atoms with E-state index < -0.39 is 17.9 Å². The van der Waals surface area contributed by atoms with E-state index in [0.717, 1.165) is 0 Å². The largest absolute Gasteiger partial charge is 0.480 e. The normalized spacial score (nSPS) is 11.8. The average Bonchev–Trinajstić information content (AvgIpc) is 3.32. The predicted octanol–water partition coefficient (Wildman–Crippen LogP) is 1.61. The molecule has 4 rings (SSSR count). The molecule has 0 radical (unpaired) electrons. The van der Waals surface area contributed by atoms with Crippen LogP contribution in [0.3, 0.4) is 0 Å². The van der Waals surface area contributed by atoms with Gasteiger partial charge in [-0.2, -0.15) is 5.10 Å². The van der Waals surface area contributed by atoms with Crippen LogP contribution in [0.1, 0.15) is 38.8 Å². The summed E-state index contributed by atoms with van der Waals surface area (Å²) in [5, 5.41) is 29.6. The fraction of sp³-hybridized carbons (Fsp3) is 0.240. The molecule has 0 aliphatic carbocycles. The van der Waals surface area contributed by atoms with E-state index in [1.807, 2.05) is 0 Å². The molecule has 198 valence electrons. The Kier molecular flexibility index (Phi) is 8.36. The molecule has 0 bridgehead atoms. The summed E-state index contributed by atoms with van der Waals surface area (Å²) in [5.74, 6) is -0.752. The van der Waals surface area contributed by atoms with Gasteiger partial charge in [-0.3, -0.25) is 9.59 Å². The maximum absolute atomic E-state index is 13.0. The number of nitrogens with zero attached hydrogens (tertiary/aromatic N) is 4. The summed E-state index contributed by atoms with van der Waals surface area (Å²) in [7, 11) is 1.40. The van der Waals surface area contributed by atoms with Crippen LogP contribution in [-0.2, 0) is 0 Å². The van der Waals surface area contributed by atoms with Crippen molar-refractivity contribution in [2.45, 2.75) is 12.5 Å². The molecular formula is C25H26ClN7O5. The highest BCUT2D eigenvalue weighted by Crippen LogP contribution is 2.30. The molecule has 0 saturated heterocycles. The first kappa shape index (κ1) is 26.8. The number of aliphatic hydroxyl groups is 2. The minimum Gasteiger partial charge on any atom is -0.480 e. The highest BCUT2D eigenvalue weighted by atomic mass is 35.5. The molecule has 13 heteroatoms. The molecule has 0 spiro atoms. The van der Waals surface area contributed by atoms with E-state index in [0.29, 0.717) is 21.8 Å². The van der Waals surface area contributed by atoms with Gasteiger partial charge in [0.25, 0.3) is 11.8 Å². The second-order valence-corrected chi connectivity index (χ2v) is 8.66. The van der Waals surface area contributed by atoms with Gasteiger partial charge in [0.05, 0.1) is 31.1 Å². The molecule has 1 aromatic carbocycles. The van der Waals surface area contributed by atoms with E-state index in [9.17, 15) is 14.7 Å². The van der Waals surface area contributed by atoms with E-state index in [-0.39, 0.29) is 54.5 Å². The Morgan fingerprint density at radius 1 is 1.11 bits per heavy atom. The topological polar surface area (TPSA) is 177 Å². The number of pyridine rings is 1. The molecule has 0 aliphatic heterocycles. The number of rotatable bonds is 10. The van der Waals surface area contributed by atoms with Crippen molar-refractivity contribution >= 4 is 34.7 Å². The summed E-state index contributed by atoms with van der Waals surface area (Å²) < 4.78 is 6.72. The lowest BCUT2D eigenvalue weighted by atomic mass is 10.1. The third-order valence-corrected chi connectivity index (χ3v) is 6.02. The second kappa shape index (κ2) is 11.9. The van der Waals surface area contributed by atoms with Crippen molar-refractivity contribution in [3.8, 4) is 17.1 Å². The Labute approximate surface area is 222 Å². The van der Waals surface area contributed by atoms with Gasteiger partial charge >= 0.3 is 0 Å². The van der Waals surface area contributed by atoms with E-state index in [1.165, 1.54) is 24.1 Å². The molecule has 12 nitrogen and oxygen atoms in total. The number of fused-ring (bicyclic) bond motifs is 1. The molecule has 2 amide bonds. The molecule has 6 N–H and O–H groups in total. The second-order valence-electron chi connectivity index (χ2n) is 8.22. The zero-order chi connectivity index (χ0) is 27.2. The van der Waals surface area contributed by atoms with Crippen LogP contribution in [0, 0.1) is 0 Å². The lowest BCUT2D eigenvalue weighted by molar-refractivity contribution is 0.0933. The Bertz CT molecular complexity index is 1460. The zero-order valence-corrected chi connectivity index (χ0v) is 21.1. The number of halogens is 1. The number of nitrogen functional groups attached to an aromatic ring is 1. The molecular weight excluding hydrogens is 514 g/mol. The van der Waals surface area contributed by atoms with Crippen molar-refractivity contribution in [3.63, 3.8) is 0 Å². The summed E-state index contributed by atoms with van der Waals surface area (Å²) >= 11 is 5.89. The van der Waals surface area contributed by atoms with Gasteiger partial charge in [-0.25, -0.2) is 14.5 Å². The third kappa shape index (κ3) is 5.67. The number of nitrogens with two attached hydrogens (primary N) is 1. The van der Waals surface area contributed by atoms with Gasteiger partial charge in [0.2, 0.25) is 5.88 Å². The van der Waals surface area contributed by atoms with E-state index in [2.05, 4.69) is 25.7 Å². The lowest BCUT2D eigenvalue weighted by Crippen LogP contribution is -2.26. The minimum absolute atomic E-state index is 0.0558. The lowest BCUT2D eigenvalue weighted by Gasteiger charge is -2.13. The maximum Gasteiger partial charge on any atom is 0.256 e. The van der Waals surface area contributed by atoms with Gasteiger partial charge in [-0.1, -0.05) is 23.7 Å². The minimum atomic E-state index is -0.786. The molecule has 3 heterocycles. The zero-order valence-electron chi connectivity index (χ0n) is 20.4. The van der Waals surface area contributed by atoms with E-state index in [1.54, 1.807) is 36.4 Å². The molecule has 1 atom stereocenters. The van der Waals surface area contributed by atoms with E-state index in [4.69, 9.17) is 27.2 Å². The van der Waals surface area contributed by atoms with Crippen molar-refractivity contribution in [2.24, 2.45) is 0 Å². The van der Waals surface area contributed by atoms with Crippen LogP contribution in [0.2, 0.25) is 5.02 Å². The van der Waals surface area contributed by atoms with Gasteiger partial charge in [-0.05, 0) is 36.2 Å². The smallest absolute Gasteiger partial charge is 0.256 e. The van der Waals surface area contributed by atoms with Gasteiger partial charge in [0, 0.05) is 29.9 Å². The number of anilines is 1. The number of amides is 2. The summed E-state index contributed by atoms with van der Waals surface area (Å²) in [4.78, 5) is 34.0. The van der Waals surface area contributed by atoms with Crippen LogP contribution in [-0.4, -0.2) is 68.4 Å². The standard InChI is InChI=1S/C25H26ClN7O5/c1-38-25-18(24(37)28-7-6-20(35)14-2-4-16(26)5-3-14)10-15(12-30-25)19-11-17(23(36)29-8-9-34)21-22(27)31-13-32-33(19)21/h2-5,10-13,20,34-35H,6-9H2,1H3,(H,28,37)(H,29,36)(H2,27,31,32)/t20-/m0/s1. The first-order chi connectivity index (χ1) is 18.3. The highest BCUT2D eigenvalue weighted by molar-refractivity contribution is 6.30. The summed E-state index contributed by atoms with van der Waals surface area (Å²) in [6.07, 6.45) is 2.22. The molecule has 0 aliphatic rings. The Hall–Kier alpha value is -4.26. The summed E-state index contributed by atoms with van der Waals surface area (Å²) in [5.41, 5.74) is 8.24. The third-order valence-electron chi connectivity index (χ3n) is 5.77. The van der Waals surface area contributed by atoms with Gasteiger partial charge < -0.3 is 31.3 Å². The quantitative estimate of drug-likeness (QED) is 0.200. The fourth-order valence-electron chi connectivity index (χ4n) is 3.90. The monoisotopic (exact) mass is 539 g/mol. The van der Waals surface area contributed by atoms with Gasteiger partial charge in [0.1, 0.15) is 17.4 Å². The Morgan fingerprint density at radius 3 is 2.53 bits per heavy atom. The number of aromatic nitrogens is 4. The van der Waals surface area contributed by atoms with Gasteiger partial charge in [-0.15, -0.1) is 0 Å². The predicted molar refractivity (Wildman–Crippen MR) is 140 cm³/mol. The fourth-order valence-corrected chi connectivity index (χ4v) is 4.02. The number of benzene rings is 1. The average molecular weight is 540 g/mol. The van der Waals surface area contributed by atoms with Crippen LogP contribution in [0.5, 0.6) is 5.88 Å². The van der Waals surface area contributed by atoms with Crippen molar-refractivity contribution in [3.05, 3.63) is 70.6 Å². The van der Waals surface area contributed by atoms with E-state index >= 15 is 0 Å². The number of carbonyl (C=O) groups excluding carboxylic acids is 2. The number of aliphatic hydroxyl groups excluding tert-OH is 2. The van der Waals surface area contributed by atoms with Crippen molar-refractivity contribution in [2.75, 3.05) is 32.5 Å². The molecule has 0 fully saturated rings. The molecule has 0 saturated carbocycles. The molecule has 4 aromatic rings. The van der Waals surface area contributed by atoms with Gasteiger partial charge in [0.15, 0.2) is 5.82 Å². The van der Waals surface area contributed by atoms with Crippen LogP contribution < -0.4 is 21.1 Å². The van der Waals surface area contributed by atoms with Crippen LogP contribution in [0.4, 0.5) is 5.82 Å². The highest BCUT2D eigenvalue weighted by Gasteiger charge is 2.22. The SMILES string of the molecule is COc1ncc(-c2cc(C(=O)NCCO)c3c(N)ncnn23)cc1C(=O)NCC[C@H](O)c1ccc(Cl)cc1. The van der Waals surface area contributed by atoms with Crippen LogP contribution in [0.25, 0.3) is 16.8 Å². The van der Waals surface area contributed by atoms with Crippen molar-refractivity contribution in [1.29, 1.82) is 0 Å². The first-order valence-electron chi connectivity index (χ1n) is 11.6. The maximum atomic E-state index is 13.0. The number of nitrogens with one attached hydrogen (secondary N) is 2. The number of hydrogen-bond donors (Lipinski definition) is 5. The number of ether oxygens (including phenoxy) is 1. The van der Waals surface area contributed by atoms with Crippen LogP contribution >= 0.6 is 11.6 Å². The first-order valence-corrected chi connectivity index (χ1v) is 12.0. The Balaban J connectivity index is 1.60. The number of methoxy groups -OCH3 is 1.